The van der Waals surface area contributed by atoms with E-state index in [2.05, 4.69) is 44.9 Å². The molecule has 94 valence electrons. The zero-order valence-electron chi connectivity index (χ0n) is 10.2. The van der Waals surface area contributed by atoms with Crippen LogP contribution in [0.4, 0.5) is 0 Å². The number of likely N-dealkylation sites (N-methyl/N-ethyl adjacent to an activating group) is 1. The van der Waals surface area contributed by atoms with Crippen molar-refractivity contribution in [2.24, 2.45) is 0 Å². The number of aromatic nitrogens is 4. The standard InChI is InChI=1S/C10H18N6O/c1-16(2)10(5-3-4-6-10)7-11-9(17)8-12-14-15-13-8/h3-7H2,1-2H3,(H,11,17)(H,12,13,14,15). The molecule has 0 radical (unpaired) electrons. The van der Waals surface area contributed by atoms with Crippen LogP contribution in [0.1, 0.15) is 36.3 Å². The number of carbonyl (C=O) groups excluding carboxylic acids is 1. The molecule has 0 unspecified atom stereocenters. The van der Waals surface area contributed by atoms with E-state index in [1.54, 1.807) is 0 Å². The number of amides is 1. The van der Waals surface area contributed by atoms with Crippen LogP contribution >= 0.6 is 0 Å². The van der Waals surface area contributed by atoms with E-state index in [9.17, 15) is 4.79 Å². The molecule has 1 aliphatic carbocycles. The van der Waals surface area contributed by atoms with Gasteiger partial charge in [0.1, 0.15) is 0 Å². The molecule has 7 nitrogen and oxygen atoms in total. The monoisotopic (exact) mass is 238 g/mol. The summed E-state index contributed by atoms with van der Waals surface area (Å²) in [6, 6.07) is 0. The van der Waals surface area contributed by atoms with Crippen LogP contribution in [0.2, 0.25) is 0 Å². The molecular formula is C10H18N6O. The SMILES string of the molecule is CN(C)C1(CNC(=O)c2nn[nH]n2)CCCC1. The molecule has 7 heteroatoms. The number of hydrogen-bond acceptors (Lipinski definition) is 5. The van der Waals surface area contributed by atoms with Crippen LogP contribution in [0.5, 0.6) is 0 Å². The number of rotatable bonds is 4. The van der Waals surface area contributed by atoms with E-state index in [1.165, 1.54) is 12.8 Å². The van der Waals surface area contributed by atoms with E-state index in [4.69, 9.17) is 0 Å². The highest BCUT2D eigenvalue weighted by molar-refractivity contribution is 5.90. The summed E-state index contributed by atoms with van der Waals surface area (Å²) in [5.41, 5.74) is 0.0827. The molecule has 1 aromatic heterocycles. The first-order valence-corrected chi connectivity index (χ1v) is 5.83. The van der Waals surface area contributed by atoms with Crippen molar-refractivity contribution < 1.29 is 4.79 Å². The van der Waals surface area contributed by atoms with Gasteiger partial charge in [0.15, 0.2) is 0 Å². The van der Waals surface area contributed by atoms with Gasteiger partial charge in [0.25, 0.3) is 11.7 Å². The first-order valence-electron chi connectivity index (χ1n) is 5.83. The van der Waals surface area contributed by atoms with E-state index in [0.717, 1.165) is 12.8 Å². The van der Waals surface area contributed by atoms with Gasteiger partial charge in [-0.3, -0.25) is 4.79 Å². The summed E-state index contributed by atoms with van der Waals surface area (Å²) in [7, 11) is 4.12. The maximum absolute atomic E-state index is 11.7. The van der Waals surface area contributed by atoms with E-state index < -0.39 is 0 Å². The van der Waals surface area contributed by atoms with Crippen molar-refractivity contribution >= 4 is 5.91 Å². The summed E-state index contributed by atoms with van der Waals surface area (Å²) >= 11 is 0. The van der Waals surface area contributed by atoms with Crippen LogP contribution in [-0.2, 0) is 0 Å². The molecule has 2 rings (SSSR count). The van der Waals surface area contributed by atoms with E-state index in [-0.39, 0.29) is 17.3 Å². The average molecular weight is 238 g/mol. The van der Waals surface area contributed by atoms with E-state index in [0.29, 0.717) is 6.54 Å². The van der Waals surface area contributed by atoms with Crippen LogP contribution < -0.4 is 5.32 Å². The van der Waals surface area contributed by atoms with Crippen LogP contribution in [0.25, 0.3) is 0 Å². The molecule has 0 atom stereocenters. The predicted molar refractivity (Wildman–Crippen MR) is 61.4 cm³/mol. The Bertz CT molecular complexity index is 368. The molecule has 17 heavy (non-hydrogen) atoms. The second kappa shape index (κ2) is 4.79. The van der Waals surface area contributed by atoms with E-state index >= 15 is 0 Å². The Morgan fingerprint density at radius 3 is 2.71 bits per heavy atom. The second-order valence-electron chi connectivity index (χ2n) is 4.74. The maximum Gasteiger partial charge on any atom is 0.292 e. The van der Waals surface area contributed by atoms with Gasteiger partial charge in [-0.1, -0.05) is 12.8 Å². The lowest BCUT2D eigenvalue weighted by Gasteiger charge is -2.36. The van der Waals surface area contributed by atoms with Gasteiger partial charge < -0.3 is 10.2 Å². The van der Waals surface area contributed by atoms with Gasteiger partial charge >= 0.3 is 0 Å². The molecule has 1 fully saturated rings. The first-order chi connectivity index (χ1) is 8.14. The lowest BCUT2D eigenvalue weighted by Crippen LogP contribution is -2.50. The van der Waals surface area contributed by atoms with Crippen LogP contribution in [-0.4, -0.2) is 57.6 Å². The molecule has 1 amide bonds. The summed E-state index contributed by atoms with van der Waals surface area (Å²) in [5, 5.41) is 15.8. The molecule has 2 N–H and O–H groups in total. The lowest BCUT2D eigenvalue weighted by atomic mass is 9.96. The van der Waals surface area contributed by atoms with Crippen molar-refractivity contribution in [3.05, 3.63) is 5.82 Å². The summed E-state index contributed by atoms with van der Waals surface area (Å²) in [6.07, 6.45) is 4.67. The number of carbonyl (C=O) groups is 1. The van der Waals surface area contributed by atoms with Gasteiger partial charge in [0.2, 0.25) is 0 Å². The quantitative estimate of drug-likeness (QED) is 0.759. The fraction of sp³-hybridized carbons (Fsp3) is 0.800. The Hall–Kier alpha value is -1.50. The first kappa shape index (κ1) is 12.0. The molecule has 0 aliphatic heterocycles. The normalized spacial score (nSPS) is 18.5. The number of tetrazole rings is 1. The number of H-pyrrole nitrogens is 1. The van der Waals surface area contributed by atoms with Crippen molar-refractivity contribution in [3.63, 3.8) is 0 Å². The summed E-state index contributed by atoms with van der Waals surface area (Å²) in [6.45, 7) is 0.632. The molecule has 0 aromatic carbocycles. The fourth-order valence-electron chi connectivity index (χ4n) is 2.40. The van der Waals surface area contributed by atoms with Gasteiger partial charge in [-0.15, -0.1) is 10.2 Å². The topological polar surface area (TPSA) is 86.8 Å². The Kier molecular flexibility index (Phi) is 3.37. The van der Waals surface area contributed by atoms with Crippen LogP contribution in [0, 0.1) is 0 Å². The van der Waals surface area contributed by atoms with Crippen molar-refractivity contribution in [1.29, 1.82) is 0 Å². The van der Waals surface area contributed by atoms with Crippen LogP contribution in [0.3, 0.4) is 0 Å². The summed E-state index contributed by atoms with van der Waals surface area (Å²) < 4.78 is 0. The Morgan fingerprint density at radius 1 is 1.47 bits per heavy atom. The minimum Gasteiger partial charge on any atom is -0.347 e. The summed E-state index contributed by atoms with van der Waals surface area (Å²) in [4.78, 5) is 13.9. The van der Waals surface area contributed by atoms with Crippen molar-refractivity contribution in [2.45, 2.75) is 31.2 Å². The lowest BCUT2D eigenvalue weighted by molar-refractivity contribution is 0.0890. The van der Waals surface area contributed by atoms with Crippen LogP contribution in [0.15, 0.2) is 0 Å². The molecule has 1 saturated carbocycles. The van der Waals surface area contributed by atoms with Gasteiger partial charge in [0.05, 0.1) is 0 Å². The number of nitrogens with one attached hydrogen (secondary N) is 2. The van der Waals surface area contributed by atoms with E-state index in [1.807, 2.05) is 0 Å². The average Bonchev–Trinajstić information content (AvgIpc) is 2.97. The maximum atomic E-state index is 11.7. The van der Waals surface area contributed by atoms with Crippen molar-refractivity contribution in [3.8, 4) is 0 Å². The number of nitrogens with zero attached hydrogens (tertiary/aromatic N) is 4. The highest BCUT2D eigenvalue weighted by Gasteiger charge is 2.36. The van der Waals surface area contributed by atoms with Gasteiger partial charge in [-0.2, -0.15) is 5.21 Å². The molecule has 1 heterocycles. The molecule has 0 bridgehead atoms. The van der Waals surface area contributed by atoms with Gasteiger partial charge in [-0.25, -0.2) is 0 Å². The third kappa shape index (κ3) is 2.44. The largest absolute Gasteiger partial charge is 0.347 e. The Balaban J connectivity index is 1.94. The molecule has 1 aliphatic rings. The molecular weight excluding hydrogens is 220 g/mol. The zero-order chi connectivity index (χ0) is 12.3. The minimum atomic E-state index is -0.271. The third-order valence-corrected chi connectivity index (χ3v) is 3.61. The van der Waals surface area contributed by atoms with Gasteiger partial charge in [0, 0.05) is 12.1 Å². The highest BCUT2D eigenvalue weighted by atomic mass is 16.2. The second-order valence-corrected chi connectivity index (χ2v) is 4.74. The molecule has 0 spiro atoms. The van der Waals surface area contributed by atoms with Gasteiger partial charge in [-0.05, 0) is 32.2 Å². The number of aromatic amines is 1. The number of hydrogen-bond donors (Lipinski definition) is 2. The Morgan fingerprint density at radius 2 is 2.18 bits per heavy atom. The Labute approximate surface area is 100.0 Å². The predicted octanol–water partition coefficient (Wildman–Crippen LogP) is -0.196. The molecule has 1 aromatic rings. The smallest absolute Gasteiger partial charge is 0.292 e. The van der Waals surface area contributed by atoms with Crippen molar-refractivity contribution in [2.75, 3.05) is 20.6 Å². The van der Waals surface area contributed by atoms with Crippen molar-refractivity contribution in [1.82, 2.24) is 30.8 Å². The zero-order valence-corrected chi connectivity index (χ0v) is 10.2. The highest BCUT2D eigenvalue weighted by Crippen LogP contribution is 2.33. The summed E-state index contributed by atoms with van der Waals surface area (Å²) in [5.74, 6) is -0.177. The third-order valence-electron chi connectivity index (χ3n) is 3.61. The minimum absolute atomic E-state index is 0.0827. The molecule has 0 saturated heterocycles. The fourth-order valence-corrected chi connectivity index (χ4v) is 2.40.